The van der Waals surface area contributed by atoms with Crippen LogP contribution in [0.15, 0.2) is 30.3 Å². The van der Waals surface area contributed by atoms with Gasteiger partial charge < -0.3 is 15.8 Å². The van der Waals surface area contributed by atoms with E-state index in [4.69, 9.17) is 10.5 Å². The summed E-state index contributed by atoms with van der Waals surface area (Å²) in [6.45, 7) is 6.61. The van der Waals surface area contributed by atoms with E-state index in [9.17, 15) is 4.79 Å². The Balaban J connectivity index is 1.86. The number of nitrogens with zero attached hydrogens (tertiary/aromatic N) is 1. The molecule has 0 spiro atoms. The summed E-state index contributed by atoms with van der Waals surface area (Å²) in [5.74, 6) is -0.275. The molecule has 21 heavy (non-hydrogen) atoms. The minimum Gasteiger partial charge on any atom is -0.379 e. The van der Waals surface area contributed by atoms with E-state index in [0.717, 1.165) is 38.4 Å². The fourth-order valence-electron chi connectivity index (χ4n) is 2.64. The average molecular weight is 291 g/mol. The monoisotopic (exact) mass is 291 g/mol. The first-order valence-electron chi connectivity index (χ1n) is 7.56. The van der Waals surface area contributed by atoms with E-state index in [1.807, 2.05) is 37.3 Å². The fraction of sp³-hybridized carbons (Fsp3) is 0.562. The summed E-state index contributed by atoms with van der Waals surface area (Å²) in [6, 6.07) is 9.81. The molecule has 0 saturated carbocycles. The largest absolute Gasteiger partial charge is 0.379 e. The summed E-state index contributed by atoms with van der Waals surface area (Å²) in [5, 5.41) is 3.08. The summed E-state index contributed by atoms with van der Waals surface area (Å²) in [5.41, 5.74) is 6.75. The van der Waals surface area contributed by atoms with Crippen molar-refractivity contribution in [1.29, 1.82) is 0 Å². The van der Waals surface area contributed by atoms with Crippen LogP contribution in [-0.2, 0) is 9.53 Å². The molecule has 1 aromatic carbocycles. The molecule has 1 fully saturated rings. The van der Waals surface area contributed by atoms with Gasteiger partial charge in [-0.2, -0.15) is 0 Å². The second kappa shape index (κ2) is 8.12. The molecule has 2 rings (SSSR count). The van der Waals surface area contributed by atoms with E-state index in [2.05, 4.69) is 10.2 Å². The van der Waals surface area contributed by atoms with Crippen molar-refractivity contribution in [3.8, 4) is 0 Å². The van der Waals surface area contributed by atoms with Crippen LogP contribution in [0.2, 0.25) is 0 Å². The van der Waals surface area contributed by atoms with E-state index in [1.54, 1.807) is 0 Å². The number of carbonyl (C=O) groups is 1. The molecule has 0 bridgehead atoms. The van der Waals surface area contributed by atoms with Crippen LogP contribution in [0.3, 0.4) is 0 Å². The maximum Gasteiger partial charge on any atom is 0.229 e. The van der Waals surface area contributed by atoms with Gasteiger partial charge in [-0.15, -0.1) is 0 Å². The average Bonchev–Trinajstić information content (AvgIpc) is 2.50. The zero-order valence-corrected chi connectivity index (χ0v) is 12.6. The fourth-order valence-corrected chi connectivity index (χ4v) is 2.64. The van der Waals surface area contributed by atoms with Gasteiger partial charge in [-0.1, -0.05) is 30.3 Å². The zero-order chi connectivity index (χ0) is 15.1. The standard InChI is InChI=1S/C16H25N3O2/c1-13(12-19-7-9-21-10-8-19)18-16(20)15(11-17)14-5-3-2-4-6-14/h2-6,13,15H,7-12,17H2,1H3,(H,18,20). The van der Waals surface area contributed by atoms with Gasteiger partial charge in [0.2, 0.25) is 5.91 Å². The van der Waals surface area contributed by atoms with Gasteiger partial charge in [0.15, 0.2) is 0 Å². The Hall–Kier alpha value is -1.43. The SMILES string of the molecule is CC(CN1CCOCC1)NC(=O)C(CN)c1ccccc1. The maximum atomic E-state index is 12.4. The Morgan fingerprint density at radius 2 is 2.00 bits per heavy atom. The molecule has 3 N–H and O–H groups in total. The molecule has 0 aromatic heterocycles. The normalized spacial score (nSPS) is 19.0. The third kappa shape index (κ3) is 4.81. The molecule has 0 radical (unpaired) electrons. The second-order valence-electron chi connectivity index (χ2n) is 5.52. The Bertz CT molecular complexity index is 432. The molecule has 1 saturated heterocycles. The molecule has 1 aliphatic heterocycles. The quantitative estimate of drug-likeness (QED) is 0.804. The van der Waals surface area contributed by atoms with Crippen LogP contribution >= 0.6 is 0 Å². The summed E-state index contributed by atoms with van der Waals surface area (Å²) in [6.07, 6.45) is 0. The number of ether oxygens (including phenoxy) is 1. The van der Waals surface area contributed by atoms with Gasteiger partial charge in [0, 0.05) is 32.2 Å². The molecule has 116 valence electrons. The number of hydrogen-bond acceptors (Lipinski definition) is 4. The van der Waals surface area contributed by atoms with Gasteiger partial charge in [0.05, 0.1) is 19.1 Å². The van der Waals surface area contributed by atoms with Gasteiger partial charge in [-0.3, -0.25) is 9.69 Å². The van der Waals surface area contributed by atoms with Gasteiger partial charge in [-0.05, 0) is 12.5 Å². The van der Waals surface area contributed by atoms with Gasteiger partial charge >= 0.3 is 0 Å². The number of morpholine rings is 1. The predicted octanol–water partition coefficient (Wildman–Crippen LogP) is 0.566. The molecule has 1 heterocycles. The van der Waals surface area contributed by atoms with Crippen molar-refractivity contribution >= 4 is 5.91 Å². The van der Waals surface area contributed by atoms with Crippen molar-refractivity contribution in [2.75, 3.05) is 39.4 Å². The second-order valence-corrected chi connectivity index (χ2v) is 5.52. The number of nitrogens with two attached hydrogens (primary N) is 1. The summed E-state index contributed by atoms with van der Waals surface area (Å²) >= 11 is 0. The summed E-state index contributed by atoms with van der Waals surface area (Å²) in [7, 11) is 0. The maximum absolute atomic E-state index is 12.4. The summed E-state index contributed by atoms with van der Waals surface area (Å²) < 4.78 is 5.33. The van der Waals surface area contributed by atoms with Gasteiger partial charge in [-0.25, -0.2) is 0 Å². The minimum atomic E-state index is -0.279. The van der Waals surface area contributed by atoms with Crippen molar-refractivity contribution < 1.29 is 9.53 Å². The first kappa shape index (κ1) is 15.9. The van der Waals surface area contributed by atoms with Crippen LogP contribution in [0.4, 0.5) is 0 Å². The topological polar surface area (TPSA) is 67.6 Å². The van der Waals surface area contributed by atoms with E-state index in [0.29, 0.717) is 6.54 Å². The zero-order valence-electron chi connectivity index (χ0n) is 12.6. The highest BCUT2D eigenvalue weighted by atomic mass is 16.5. The molecule has 1 aromatic rings. The Morgan fingerprint density at radius 3 is 2.62 bits per heavy atom. The first-order valence-corrected chi connectivity index (χ1v) is 7.56. The lowest BCUT2D eigenvalue weighted by atomic mass is 9.98. The molecule has 5 nitrogen and oxygen atoms in total. The van der Waals surface area contributed by atoms with Crippen LogP contribution in [0, 0.1) is 0 Å². The highest BCUT2D eigenvalue weighted by molar-refractivity contribution is 5.84. The molecular formula is C16H25N3O2. The van der Waals surface area contributed by atoms with Gasteiger partial charge in [0.25, 0.3) is 0 Å². The number of hydrogen-bond donors (Lipinski definition) is 2. The van der Waals surface area contributed by atoms with Crippen LogP contribution in [0.5, 0.6) is 0 Å². The number of benzene rings is 1. The lowest BCUT2D eigenvalue weighted by Crippen LogP contribution is -2.47. The number of rotatable bonds is 6. The minimum absolute atomic E-state index is 0.00413. The Morgan fingerprint density at radius 1 is 1.33 bits per heavy atom. The molecule has 2 atom stereocenters. The molecule has 2 unspecified atom stereocenters. The summed E-state index contributed by atoms with van der Waals surface area (Å²) in [4.78, 5) is 14.7. The molecule has 1 amide bonds. The lowest BCUT2D eigenvalue weighted by molar-refractivity contribution is -0.123. The highest BCUT2D eigenvalue weighted by Crippen LogP contribution is 2.14. The van der Waals surface area contributed by atoms with Crippen molar-refractivity contribution in [3.05, 3.63) is 35.9 Å². The number of amides is 1. The molecule has 5 heteroatoms. The third-order valence-corrected chi connectivity index (χ3v) is 3.78. The molecular weight excluding hydrogens is 266 g/mol. The molecule has 0 aliphatic carbocycles. The van der Waals surface area contributed by atoms with Crippen molar-refractivity contribution in [3.63, 3.8) is 0 Å². The van der Waals surface area contributed by atoms with Crippen LogP contribution in [0.25, 0.3) is 0 Å². The van der Waals surface area contributed by atoms with Crippen molar-refractivity contribution in [2.24, 2.45) is 5.73 Å². The van der Waals surface area contributed by atoms with Crippen LogP contribution in [-0.4, -0.2) is 56.2 Å². The third-order valence-electron chi connectivity index (χ3n) is 3.78. The lowest BCUT2D eigenvalue weighted by Gasteiger charge is -2.30. The number of nitrogens with one attached hydrogen (secondary N) is 1. The van der Waals surface area contributed by atoms with E-state index in [-0.39, 0.29) is 17.9 Å². The molecule has 1 aliphatic rings. The van der Waals surface area contributed by atoms with Crippen molar-refractivity contribution in [1.82, 2.24) is 10.2 Å². The van der Waals surface area contributed by atoms with E-state index < -0.39 is 0 Å². The van der Waals surface area contributed by atoms with Crippen LogP contribution < -0.4 is 11.1 Å². The van der Waals surface area contributed by atoms with E-state index in [1.165, 1.54) is 0 Å². The highest BCUT2D eigenvalue weighted by Gasteiger charge is 2.21. The predicted molar refractivity (Wildman–Crippen MR) is 83.1 cm³/mol. The van der Waals surface area contributed by atoms with E-state index >= 15 is 0 Å². The first-order chi connectivity index (χ1) is 10.2. The Labute approximate surface area is 126 Å². The van der Waals surface area contributed by atoms with Crippen molar-refractivity contribution in [2.45, 2.75) is 18.9 Å². The van der Waals surface area contributed by atoms with Crippen LogP contribution in [0.1, 0.15) is 18.4 Å². The number of carbonyl (C=O) groups excluding carboxylic acids is 1. The van der Waals surface area contributed by atoms with Gasteiger partial charge in [0.1, 0.15) is 0 Å². The Kier molecular flexibility index (Phi) is 6.17. The smallest absolute Gasteiger partial charge is 0.229 e.